The Balaban J connectivity index is 1.79. The first-order valence-corrected chi connectivity index (χ1v) is 11.5. The van der Waals surface area contributed by atoms with E-state index in [0.29, 0.717) is 12.2 Å². The van der Waals surface area contributed by atoms with Gasteiger partial charge in [0.2, 0.25) is 21.8 Å². The van der Waals surface area contributed by atoms with Crippen molar-refractivity contribution in [3.63, 3.8) is 0 Å². The molecule has 0 aliphatic heterocycles. The van der Waals surface area contributed by atoms with Crippen LogP contribution >= 0.6 is 0 Å². The van der Waals surface area contributed by atoms with Crippen molar-refractivity contribution in [2.75, 3.05) is 11.9 Å². The summed E-state index contributed by atoms with van der Waals surface area (Å²) in [6, 6.07) is 24.4. The second-order valence-corrected chi connectivity index (χ2v) is 9.16. The van der Waals surface area contributed by atoms with Crippen LogP contribution in [0.25, 0.3) is 0 Å². The average Bonchev–Trinajstić information content (AvgIpc) is 2.78. The van der Waals surface area contributed by atoms with Crippen molar-refractivity contribution in [1.82, 2.24) is 9.62 Å². The minimum absolute atomic E-state index is 0.0402. The summed E-state index contributed by atoms with van der Waals surface area (Å²) in [7, 11) is -3.96. The topological polar surface area (TPSA) is 95.6 Å². The van der Waals surface area contributed by atoms with Gasteiger partial charge in [-0.05, 0) is 35.4 Å². The summed E-state index contributed by atoms with van der Waals surface area (Å²) < 4.78 is 27.8. The number of sulfonamides is 1. The van der Waals surface area contributed by atoms with Crippen LogP contribution in [0.5, 0.6) is 0 Å². The number of carbonyl (C=O) groups is 2. The molecule has 0 saturated carbocycles. The second-order valence-electron chi connectivity index (χ2n) is 7.23. The summed E-state index contributed by atoms with van der Waals surface area (Å²) in [5, 5.41) is 5.38. The molecule has 0 spiro atoms. The van der Waals surface area contributed by atoms with E-state index in [1.807, 2.05) is 60.7 Å². The molecule has 0 heterocycles. The molecule has 3 aromatic rings. The molecule has 3 rings (SSSR count). The molecule has 0 aliphatic carbocycles. The number of hydrogen-bond donors (Lipinski definition) is 2. The van der Waals surface area contributed by atoms with Crippen LogP contribution in [-0.2, 0) is 32.7 Å². The van der Waals surface area contributed by atoms with E-state index >= 15 is 0 Å². The van der Waals surface area contributed by atoms with Crippen LogP contribution in [0.1, 0.15) is 18.1 Å². The van der Waals surface area contributed by atoms with Gasteiger partial charge in [-0.2, -0.15) is 4.31 Å². The number of rotatable bonds is 9. The number of carbonyl (C=O) groups excluding carboxylic acids is 2. The molecule has 0 aromatic heterocycles. The fourth-order valence-electron chi connectivity index (χ4n) is 3.09. The molecule has 2 N–H and O–H groups in total. The van der Waals surface area contributed by atoms with E-state index in [0.717, 1.165) is 15.4 Å². The highest BCUT2D eigenvalue weighted by atomic mass is 32.2. The van der Waals surface area contributed by atoms with Gasteiger partial charge in [0.1, 0.15) is 0 Å². The van der Waals surface area contributed by atoms with Gasteiger partial charge in [-0.3, -0.25) is 9.59 Å². The lowest BCUT2D eigenvalue weighted by atomic mass is 10.2. The van der Waals surface area contributed by atoms with Crippen LogP contribution in [0, 0.1) is 0 Å². The first-order chi connectivity index (χ1) is 15.3. The molecular weight excluding hydrogens is 426 g/mol. The summed E-state index contributed by atoms with van der Waals surface area (Å²) in [6.07, 6.45) is 0. The number of anilines is 1. The van der Waals surface area contributed by atoms with Crippen molar-refractivity contribution in [2.24, 2.45) is 0 Å². The summed E-state index contributed by atoms with van der Waals surface area (Å²) >= 11 is 0. The van der Waals surface area contributed by atoms with Crippen LogP contribution < -0.4 is 10.6 Å². The van der Waals surface area contributed by atoms with Crippen molar-refractivity contribution in [3.8, 4) is 0 Å². The van der Waals surface area contributed by atoms with Gasteiger partial charge >= 0.3 is 0 Å². The maximum atomic E-state index is 13.3. The predicted octanol–water partition coefficient (Wildman–Crippen LogP) is 3.15. The summed E-state index contributed by atoms with van der Waals surface area (Å²) in [5.74, 6) is -0.648. The Morgan fingerprint density at radius 3 is 1.94 bits per heavy atom. The molecule has 7 nitrogen and oxygen atoms in total. The molecule has 0 radical (unpaired) electrons. The molecule has 0 unspecified atom stereocenters. The number of nitrogens with zero attached hydrogens (tertiary/aromatic N) is 1. The third kappa shape index (κ3) is 6.50. The lowest BCUT2D eigenvalue weighted by Gasteiger charge is -2.22. The van der Waals surface area contributed by atoms with Gasteiger partial charge in [-0.25, -0.2) is 8.42 Å². The molecule has 0 bridgehead atoms. The average molecular weight is 452 g/mol. The quantitative estimate of drug-likeness (QED) is 0.522. The zero-order valence-electron chi connectivity index (χ0n) is 17.7. The van der Waals surface area contributed by atoms with Gasteiger partial charge in [0, 0.05) is 25.7 Å². The van der Waals surface area contributed by atoms with Crippen LogP contribution in [-0.4, -0.2) is 31.1 Å². The minimum Gasteiger partial charge on any atom is -0.351 e. The van der Waals surface area contributed by atoms with E-state index in [1.165, 1.54) is 31.2 Å². The van der Waals surface area contributed by atoms with E-state index < -0.39 is 15.9 Å². The van der Waals surface area contributed by atoms with Crippen molar-refractivity contribution in [2.45, 2.75) is 24.9 Å². The SMILES string of the molecule is CC(=O)Nc1ccc(S(=O)(=O)N(CC(=O)NCc2ccccc2)Cc2ccccc2)cc1. The van der Waals surface area contributed by atoms with Gasteiger partial charge in [0.05, 0.1) is 11.4 Å². The molecule has 166 valence electrons. The van der Waals surface area contributed by atoms with Crippen LogP contribution in [0.2, 0.25) is 0 Å². The van der Waals surface area contributed by atoms with E-state index in [9.17, 15) is 18.0 Å². The highest BCUT2D eigenvalue weighted by molar-refractivity contribution is 7.89. The Morgan fingerprint density at radius 1 is 0.812 bits per heavy atom. The molecule has 0 atom stereocenters. The number of benzene rings is 3. The Morgan fingerprint density at radius 2 is 1.38 bits per heavy atom. The van der Waals surface area contributed by atoms with Crippen LogP contribution in [0.15, 0.2) is 89.8 Å². The van der Waals surface area contributed by atoms with Gasteiger partial charge in [-0.1, -0.05) is 60.7 Å². The van der Waals surface area contributed by atoms with Gasteiger partial charge in [-0.15, -0.1) is 0 Å². The molecule has 3 aromatic carbocycles. The number of amides is 2. The standard InChI is InChI=1S/C24H25N3O4S/c1-19(28)26-22-12-14-23(15-13-22)32(30,31)27(17-21-10-6-3-7-11-21)18-24(29)25-16-20-8-4-2-5-9-20/h2-15H,16-18H2,1H3,(H,25,29)(H,26,28). The Labute approximate surface area is 188 Å². The summed E-state index contributed by atoms with van der Waals surface area (Å²) in [4.78, 5) is 23.9. The number of nitrogens with one attached hydrogen (secondary N) is 2. The normalized spacial score (nSPS) is 11.2. The summed E-state index contributed by atoms with van der Waals surface area (Å²) in [6.45, 7) is 1.41. The van der Waals surface area contributed by atoms with E-state index in [2.05, 4.69) is 10.6 Å². The fourth-order valence-corrected chi connectivity index (χ4v) is 4.47. The van der Waals surface area contributed by atoms with E-state index in [-0.39, 0.29) is 23.9 Å². The minimum atomic E-state index is -3.96. The molecule has 2 amide bonds. The maximum Gasteiger partial charge on any atom is 0.243 e. The van der Waals surface area contributed by atoms with Crippen molar-refractivity contribution in [3.05, 3.63) is 96.1 Å². The smallest absolute Gasteiger partial charge is 0.243 e. The largest absolute Gasteiger partial charge is 0.351 e. The highest BCUT2D eigenvalue weighted by Crippen LogP contribution is 2.20. The first kappa shape index (κ1) is 23.2. The third-order valence-corrected chi connectivity index (χ3v) is 6.47. The van der Waals surface area contributed by atoms with Gasteiger partial charge < -0.3 is 10.6 Å². The molecule has 8 heteroatoms. The van der Waals surface area contributed by atoms with Crippen LogP contribution in [0.4, 0.5) is 5.69 Å². The van der Waals surface area contributed by atoms with E-state index in [4.69, 9.17) is 0 Å². The molecule has 0 aliphatic rings. The number of hydrogen-bond acceptors (Lipinski definition) is 4. The second kappa shape index (κ2) is 10.7. The first-order valence-electron chi connectivity index (χ1n) is 10.1. The summed E-state index contributed by atoms with van der Waals surface area (Å²) in [5.41, 5.74) is 2.18. The van der Waals surface area contributed by atoms with Crippen molar-refractivity contribution < 1.29 is 18.0 Å². The van der Waals surface area contributed by atoms with Gasteiger partial charge in [0.15, 0.2) is 0 Å². The zero-order chi connectivity index (χ0) is 23.0. The Hall–Kier alpha value is -3.49. The highest BCUT2D eigenvalue weighted by Gasteiger charge is 2.27. The third-order valence-electron chi connectivity index (χ3n) is 4.67. The monoisotopic (exact) mass is 451 g/mol. The zero-order valence-corrected chi connectivity index (χ0v) is 18.5. The van der Waals surface area contributed by atoms with Crippen molar-refractivity contribution in [1.29, 1.82) is 0 Å². The molecule has 32 heavy (non-hydrogen) atoms. The van der Waals surface area contributed by atoms with Crippen molar-refractivity contribution >= 4 is 27.5 Å². The van der Waals surface area contributed by atoms with E-state index in [1.54, 1.807) is 0 Å². The Bertz CT molecular complexity index is 1150. The Kier molecular flexibility index (Phi) is 7.75. The molecule has 0 saturated heterocycles. The molecular formula is C24H25N3O4S. The lowest BCUT2D eigenvalue weighted by Crippen LogP contribution is -2.40. The molecule has 0 fully saturated rings. The maximum absolute atomic E-state index is 13.3. The lowest BCUT2D eigenvalue weighted by molar-refractivity contribution is -0.121. The van der Waals surface area contributed by atoms with Gasteiger partial charge in [0.25, 0.3) is 0 Å². The predicted molar refractivity (Wildman–Crippen MR) is 123 cm³/mol. The van der Waals surface area contributed by atoms with Crippen LogP contribution in [0.3, 0.4) is 0 Å². The fraction of sp³-hybridized carbons (Fsp3) is 0.167.